The minimum Gasteiger partial charge on any atom is -0.440 e. The molecule has 1 saturated heterocycles. The van der Waals surface area contributed by atoms with E-state index in [1.807, 2.05) is 30.3 Å². The number of benzene rings is 2. The summed E-state index contributed by atoms with van der Waals surface area (Å²) in [5, 5.41) is 4.16. The molecule has 4 aromatic rings. The zero-order valence-electron chi connectivity index (χ0n) is 16.3. The first kappa shape index (κ1) is 18.1. The number of nitrogens with zero attached hydrogens (tertiary/aromatic N) is 4. The van der Waals surface area contributed by atoms with Gasteiger partial charge in [-0.1, -0.05) is 47.6 Å². The summed E-state index contributed by atoms with van der Waals surface area (Å²) >= 11 is 0. The second-order valence-electron chi connectivity index (χ2n) is 7.68. The summed E-state index contributed by atoms with van der Waals surface area (Å²) in [4.78, 5) is 11.6. The van der Waals surface area contributed by atoms with Crippen LogP contribution in [0.15, 0.2) is 63.5 Å². The minimum atomic E-state index is 0.302. The Hall–Kier alpha value is -2.99. The molecule has 0 unspecified atom stereocenters. The van der Waals surface area contributed by atoms with Crippen molar-refractivity contribution in [2.24, 2.45) is 0 Å². The molecule has 1 atom stereocenters. The van der Waals surface area contributed by atoms with Crippen molar-refractivity contribution in [3.8, 4) is 0 Å². The van der Waals surface area contributed by atoms with E-state index in [0.717, 1.165) is 61.6 Å². The fraction of sp³-hybridized carbons (Fsp3) is 0.348. The first-order chi connectivity index (χ1) is 14.3. The summed E-state index contributed by atoms with van der Waals surface area (Å²) in [6.45, 7) is 2.60. The normalized spacial score (nSPS) is 17.7. The highest BCUT2D eigenvalue weighted by molar-refractivity contribution is 5.72. The molecule has 0 bridgehead atoms. The first-order valence-electron chi connectivity index (χ1n) is 10.3. The van der Waals surface area contributed by atoms with Crippen LogP contribution < -0.4 is 0 Å². The molecule has 0 N–H and O–H groups in total. The summed E-state index contributed by atoms with van der Waals surface area (Å²) < 4.78 is 11.5. The molecular weight excluding hydrogens is 364 g/mol. The quantitative estimate of drug-likeness (QED) is 0.488. The molecule has 1 fully saturated rings. The van der Waals surface area contributed by atoms with E-state index >= 15 is 0 Å². The van der Waals surface area contributed by atoms with Crippen LogP contribution >= 0.6 is 0 Å². The van der Waals surface area contributed by atoms with Crippen molar-refractivity contribution < 1.29 is 8.94 Å². The van der Waals surface area contributed by atoms with Gasteiger partial charge in [-0.05, 0) is 43.5 Å². The Kier molecular flexibility index (Phi) is 5.09. The lowest BCUT2D eigenvalue weighted by Gasteiger charge is -2.29. The molecule has 6 nitrogen and oxygen atoms in total. The van der Waals surface area contributed by atoms with E-state index in [1.165, 1.54) is 5.56 Å². The summed E-state index contributed by atoms with van der Waals surface area (Å²) in [5.74, 6) is 2.60. The average molecular weight is 388 g/mol. The molecule has 0 saturated carbocycles. The van der Waals surface area contributed by atoms with Crippen LogP contribution in [0.4, 0.5) is 0 Å². The van der Waals surface area contributed by atoms with Crippen molar-refractivity contribution in [1.29, 1.82) is 0 Å². The summed E-state index contributed by atoms with van der Waals surface area (Å²) in [5.41, 5.74) is 3.08. The fourth-order valence-electron chi connectivity index (χ4n) is 4.01. The third kappa shape index (κ3) is 4.22. The number of para-hydroxylation sites is 2. The van der Waals surface area contributed by atoms with E-state index in [-0.39, 0.29) is 0 Å². The number of aromatic nitrogens is 3. The van der Waals surface area contributed by atoms with Crippen molar-refractivity contribution in [3.63, 3.8) is 0 Å². The van der Waals surface area contributed by atoms with Gasteiger partial charge in [0.25, 0.3) is 0 Å². The van der Waals surface area contributed by atoms with Gasteiger partial charge in [0.1, 0.15) is 5.52 Å². The van der Waals surface area contributed by atoms with Crippen LogP contribution in [0.2, 0.25) is 0 Å². The largest absolute Gasteiger partial charge is 0.440 e. The van der Waals surface area contributed by atoms with E-state index in [0.29, 0.717) is 18.4 Å². The van der Waals surface area contributed by atoms with Gasteiger partial charge in [-0.3, -0.25) is 4.90 Å². The maximum atomic E-state index is 5.99. The van der Waals surface area contributed by atoms with Crippen LogP contribution in [0, 0.1) is 0 Å². The molecule has 1 aliphatic rings. The highest BCUT2D eigenvalue weighted by atomic mass is 16.5. The molecule has 148 valence electrons. The number of rotatable bonds is 6. The number of hydrogen-bond acceptors (Lipinski definition) is 6. The number of oxazole rings is 1. The van der Waals surface area contributed by atoms with Crippen molar-refractivity contribution >= 4 is 11.1 Å². The Bertz CT molecular complexity index is 1040. The molecule has 6 heteroatoms. The summed E-state index contributed by atoms with van der Waals surface area (Å²) in [7, 11) is 0. The molecule has 0 spiro atoms. The third-order valence-corrected chi connectivity index (χ3v) is 5.51. The van der Waals surface area contributed by atoms with Gasteiger partial charge in [0.2, 0.25) is 5.89 Å². The Labute approximate surface area is 169 Å². The molecule has 0 amide bonds. The number of likely N-dealkylation sites (tertiary alicyclic amines) is 1. The zero-order chi connectivity index (χ0) is 19.5. The van der Waals surface area contributed by atoms with E-state index in [1.54, 1.807) is 0 Å². The second-order valence-corrected chi connectivity index (χ2v) is 7.68. The highest BCUT2D eigenvalue weighted by Gasteiger charge is 2.26. The second kappa shape index (κ2) is 8.17. The van der Waals surface area contributed by atoms with E-state index in [4.69, 9.17) is 13.9 Å². The predicted molar refractivity (Wildman–Crippen MR) is 109 cm³/mol. The van der Waals surface area contributed by atoms with E-state index in [9.17, 15) is 0 Å². The fourth-order valence-corrected chi connectivity index (χ4v) is 4.01. The van der Waals surface area contributed by atoms with Gasteiger partial charge in [0.15, 0.2) is 17.3 Å². The molecule has 3 heterocycles. The minimum absolute atomic E-state index is 0.302. The smallest absolute Gasteiger partial charge is 0.240 e. The van der Waals surface area contributed by atoms with E-state index < -0.39 is 0 Å². The van der Waals surface area contributed by atoms with Gasteiger partial charge in [-0.25, -0.2) is 4.98 Å². The van der Waals surface area contributed by atoms with E-state index in [2.05, 4.69) is 39.3 Å². The van der Waals surface area contributed by atoms with Gasteiger partial charge < -0.3 is 8.94 Å². The predicted octanol–water partition coefficient (Wildman–Crippen LogP) is 4.38. The van der Waals surface area contributed by atoms with Gasteiger partial charge in [-0.2, -0.15) is 4.98 Å². The molecule has 2 aromatic heterocycles. The number of hydrogen-bond donors (Lipinski definition) is 0. The van der Waals surface area contributed by atoms with Gasteiger partial charge in [0.05, 0.1) is 6.54 Å². The van der Waals surface area contributed by atoms with Crippen molar-refractivity contribution in [2.45, 2.75) is 38.1 Å². The third-order valence-electron chi connectivity index (χ3n) is 5.51. The van der Waals surface area contributed by atoms with Crippen molar-refractivity contribution in [1.82, 2.24) is 20.0 Å². The van der Waals surface area contributed by atoms with Crippen LogP contribution in [0.1, 0.15) is 41.9 Å². The lowest BCUT2D eigenvalue weighted by atomic mass is 9.98. The molecule has 0 radical (unpaired) electrons. The summed E-state index contributed by atoms with van der Waals surface area (Å²) in [6.07, 6.45) is 3.91. The van der Waals surface area contributed by atoms with Crippen LogP contribution in [-0.4, -0.2) is 33.1 Å². The molecule has 0 aliphatic carbocycles. The number of aryl methyl sites for hydroxylation is 2. The van der Waals surface area contributed by atoms with Gasteiger partial charge in [0, 0.05) is 18.9 Å². The van der Waals surface area contributed by atoms with Crippen LogP contribution in [0.25, 0.3) is 11.1 Å². The Balaban J connectivity index is 1.20. The SMILES string of the molecule is c1ccc(CCc2noc(CN3CCC[C@@H](c4nc5ccccc5o4)C3)n2)cc1. The van der Waals surface area contributed by atoms with Crippen molar-refractivity contribution in [2.75, 3.05) is 13.1 Å². The molecule has 2 aromatic carbocycles. The van der Waals surface area contributed by atoms with Crippen LogP contribution in [0.3, 0.4) is 0 Å². The monoisotopic (exact) mass is 388 g/mol. The number of fused-ring (bicyclic) bond motifs is 1. The topological polar surface area (TPSA) is 68.2 Å². The van der Waals surface area contributed by atoms with Gasteiger partial charge in [-0.15, -0.1) is 0 Å². The summed E-state index contributed by atoms with van der Waals surface area (Å²) in [6, 6.07) is 18.3. The lowest BCUT2D eigenvalue weighted by molar-refractivity contribution is 0.167. The van der Waals surface area contributed by atoms with Crippen LogP contribution in [0.5, 0.6) is 0 Å². The van der Waals surface area contributed by atoms with Crippen LogP contribution in [-0.2, 0) is 19.4 Å². The Morgan fingerprint density at radius 1 is 0.966 bits per heavy atom. The lowest BCUT2D eigenvalue weighted by Crippen LogP contribution is -2.34. The van der Waals surface area contributed by atoms with Gasteiger partial charge >= 0.3 is 0 Å². The zero-order valence-corrected chi connectivity index (χ0v) is 16.3. The Morgan fingerprint density at radius 3 is 2.72 bits per heavy atom. The highest BCUT2D eigenvalue weighted by Crippen LogP contribution is 2.29. The molecule has 29 heavy (non-hydrogen) atoms. The Morgan fingerprint density at radius 2 is 1.83 bits per heavy atom. The number of piperidine rings is 1. The molecule has 1 aliphatic heterocycles. The maximum absolute atomic E-state index is 5.99. The molecule has 5 rings (SSSR count). The first-order valence-corrected chi connectivity index (χ1v) is 10.3. The average Bonchev–Trinajstić information content (AvgIpc) is 3.40. The standard InChI is InChI=1S/C23H24N4O2/c1-2-7-17(8-3-1)12-13-21-25-22(29-26-21)16-27-14-6-9-18(15-27)23-24-19-10-4-5-11-20(19)28-23/h1-5,7-8,10-11,18H,6,9,12-16H2/t18-/m1/s1. The van der Waals surface area contributed by atoms with Crippen molar-refractivity contribution in [3.05, 3.63) is 77.8 Å². The molecular formula is C23H24N4O2. The maximum Gasteiger partial charge on any atom is 0.240 e.